The van der Waals surface area contributed by atoms with Crippen LogP contribution in [0.2, 0.25) is 0 Å². The molecule has 1 heterocycles. The van der Waals surface area contributed by atoms with E-state index in [0.29, 0.717) is 11.0 Å². The number of hydrogen-bond donors (Lipinski definition) is 1. The Bertz CT molecular complexity index is 564. The summed E-state index contributed by atoms with van der Waals surface area (Å²) in [6, 6.07) is 5.77. The predicted octanol–water partition coefficient (Wildman–Crippen LogP) is 3.82. The molecule has 0 aliphatic carbocycles. The van der Waals surface area contributed by atoms with Gasteiger partial charge >= 0.3 is 5.97 Å². The van der Waals surface area contributed by atoms with Gasteiger partial charge in [-0.3, -0.25) is 0 Å². The van der Waals surface area contributed by atoms with Crippen LogP contribution in [0.4, 0.5) is 0 Å². The van der Waals surface area contributed by atoms with Crippen LogP contribution >= 0.6 is 0 Å². The maximum atomic E-state index is 11.0. The Morgan fingerprint density at radius 2 is 2.12 bits per heavy atom. The maximum absolute atomic E-state index is 11.0. The van der Waals surface area contributed by atoms with Crippen LogP contribution in [0, 0.1) is 0 Å². The van der Waals surface area contributed by atoms with E-state index >= 15 is 0 Å². The molecule has 0 aliphatic rings. The van der Waals surface area contributed by atoms with Crippen LogP contribution in [0.15, 0.2) is 28.9 Å². The molecule has 0 amide bonds. The number of fused-ring (bicyclic) bond motifs is 1. The normalized spacial score (nSPS) is 11.9. The van der Waals surface area contributed by atoms with Crippen molar-refractivity contribution >= 4 is 16.9 Å². The highest BCUT2D eigenvalue weighted by atomic mass is 16.4. The van der Waals surface area contributed by atoms with Crippen molar-refractivity contribution in [2.24, 2.45) is 0 Å². The van der Waals surface area contributed by atoms with Gasteiger partial charge in [0.2, 0.25) is 0 Å². The molecule has 90 valence electrons. The van der Waals surface area contributed by atoms with E-state index < -0.39 is 5.97 Å². The Hall–Kier alpha value is -1.77. The third-order valence-corrected chi connectivity index (χ3v) is 3.47. The molecule has 2 rings (SSSR count). The van der Waals surface area contributed by atoms with Gasteiger partial charge in [0.15, 0.2) is 0 Å². The van der Waals surface area contributed by atoms with Crippen molar-refractivity contribution in [1.29, 1.82) is 0 Å². The Kier molecular flexibility index (Phi) is 2.69. The molecule has 1 aromatic carbocycles. The summed E-state index contributed by atoms with van der Waals surface area (Å²) in [6.45, 7) is 6.42. The average molecular weight is 232 g/mol. The zero-order valence-electron chi connectivity index (χ0n) is 10.3. The third-order valence-electron chi connectivity index (χ3n) is 3.47. The minimum Gasteiger partial charge on any atom is -0.478 e. The fraction of sp³-hybridized carbons (Fsp3) is 0.357. The van der Waals surface area contributed by atoms with E-state index in [2.05, 4.69) is 20.8 Å². The van der Waals surface area contributed by atoms with Crippen LogP contribution in [-0.2, 0) is 5.41 Å². The van der Waals surface area contributed by atoms with Gasteiger partial charge in [-0.1, -0.05) is 26.8 Å². The van der Waals surface area contributed by atoms with Gasteiger partial charge in [-0.05, 0) is 29.5 Å². The lowest BCUT2D eigenvalue weighted by Crippen LogP contribution is -2.15. The monoisotopic (exact) mass is 232 g/mol. The van der Waals surface area contributed by atoms with Gasteiger partial charge in [-0.2, -0.15) is 0 Å². The van der Waals surface area contributed by atoms with Crippen LogP contribution in [0.1, 0.15) is 43.1 Å². The minimum atomic E-state index is -0.949. The van der Waals surface area contributed by atoms with Crippen molar-refractivity contribution < 1.29 is 14.3 Å². The van der Waals surface area contributed by atoms with Crippen molar-refractivity contribution in [3.63, 3.8) is 0 Å². The van der Waals surface area contributed by atoms with Gasteiger partial charge in [-0.15, -0.1) is 0 Å². The molecule has 2 aromatic rings. The molecule has 17 heavy (non-hydrogen) atoms. The first kappa shape index (κ1) is 11.7. The Labute approximate surface area is 100 Å². The van der Waals surface area contributed by atoms with Crippen LogP contribution in [0.25, 0.3) is 11.0 Å². The molecule has 0 unspecified atom stereocenters. The van der Waals surface area contributed by atoms with Crippen molar-refractivity contribution in [1.82, 2.24) is 0 Å². The molecule has 3 nitrogen and oxygen atoms in total. The molecule has 3 heteroatoms. The Morgan fingerprint density at radius 1 is 1.41 bits per heavy atom. The highest BCUT2D eigenvalue weighted by Gasteiger charge is 2.20. The van der Waals surface area contributed by atoms with E-state index in [1.54, 1.807) is 0 Å². The van der Waals surface area contributed by atoms with Crippen LogP contribution in [0.5, 0.6) is 0 Å². The second-order valence-electron chi connectivity index (χ2n) is 4.90. The van der Waals surface area contributed by atoms with E-state index in [-0.39, 0.29) is 11.0 Å². The van der Waals surface area contributed by atoms with E-state index in [1.807, 2.05) is 18.2 Å². The predicted molar refractivity (Wildman–Crippen MR) is 66.5 cm³/mol. The molecule has 1 aromatic heterocycles. The molecular formula is C14H16O3. The summed E-state index contributed by atoms with van der Waals surface area (Å²) >= 11 is 0. The van der Waals surface area contributed by atoms with Crippen molar-refractivity contribution in [3.8, 4) is 0 Å². The molecular weight excluding hydrogens is 216 g/mol. The third kappa shape index (κ3) is 1.93. The zero-order valence-corrected chi connectivity index (χ0v) is 10.3. The summed E-state index contributed by atoms with van der Waals surface area (Å²) in [4.78, 5) is 11.0. The fourth-order valence-electron chi connectivity index (χ4n) is 1.82. The van der Waals surface area contributed by atoms with Gasteiger partial charge in [0.05, 0.1) is 0 Å². The second kappa shape index (κ2) is 3.91. The number of carboxylic acids is 1. The average Bonchev–Trinajstić information content (AvgIpc) is 2.71. The molecule has 0 aliphatic heterocycles. The standard InChI is InChI=1S/C14H16O3/c1-4-14(2,3)9-5-6-12-10(7-9)11(8-17-12)13(15)16/h5-8H,4H2,1-3H3,(H,15,16). The van der Waals surface area contributed by atoms with Crippen LogP contribution in [-0.4, -0.2) is 11.1 Å². The van der Waals surface area contributed by atoms with Crippen LogP contribution < -0.4 is 0 Å². The van der Waals surface area contributed by atoms with E-state index in [9.17, 15) is 4.79 Å². The molecule has 0 radical (unpaired) electrons. The lowest BCUT2D eigenvalue weighted by Gasteiger charge is -2.23. The van der Waals surface area contributed by atoms with E-state index in [4.69, 9.17) is 9.52 Å². The zero-order chi connectivity index (χ0) is 12.6. The fourth-order valence-corrected chi connectivity index (χ4v) is 1.82. The smallest absolute Gasteiger partial charge is 0.339 e. The number of carbonyl (C=O) groups is 1. The number of carboxylic acid groups (broad SMARTS) is 1. The van der Waals surface area contributed by atoms with E-state index in [1.165, 1.54) is 6.26 Å². The SMILES string of the molecule is CCC(C)(C)c1ccc2occ(C(=O)O)c2c1. The number of benzene rings is 1. The maximum Gasteiger partial charge on any atom is 0.339 e. The molecule has 0 fully saturated rings. The summed E-state index contributed by atoms with van der Waals surface area (Å²) in [6.07, 6.45) is 2.30. The van der Waals surface area contributed by atoms with Gasteiger partial charge in [0.25, 0.3) is 0 Å². The van der Waals surface area contributed by atoms with Crippen molar-refractivity contribution in [2.45, 2.75) is 32.6 Å². The summed E-state index contributed by atoms with van der Waals surface area (Å²) in [5.74, 6) is -0.949. The quantitative estimate of drug-likeness (QED) is 0.875. The summed E-state index contributed by atoms with van der Waals surface area (Å²) in [5, 5.41) is 9.74. The first-order valence-corrected chi connectivity index (χ1v) is 5.70. The summed E-state index contributed by atoms with van der Waals surface area (Å²) < 4.78 is 5.23. The highest BCUT2D eigenvalue weighted by molar-refractivity contribution is 6.02. The van der Waals surface area contributed by atoms with Gasteiger partial charge < -0.3 is 9.52 Å². The van der Waals surface area contributed by atoms with Crippen LogP contribution in [0.3, 0.4) is 0 Å². The van der Waals surface area contributed by atoms with Crippen molar-refractivity contribution in [3.05, 3.63) is 35.6 Å². The number of rotatable bonds is 3. The molecule has 0 spiro atoms. The molecule has 0 saturated carbocycles. The molecule has 0 atom stereocenters. The van der Waals surface area contributed by atoms with E-state index in [0.717, 1.165) is 12.0 Å². The number of furan rings is 1. The van der Waals surface area contributed by atoms with Gasteiger partial charge in [0.1, 0.15) is 17.4 Å². The number of aromatic carboxylic acids is 1. The van der Waals surface area contributed by atoms with Gasteiger partial charge in [-0.25, -0.2) is 4.79 Å². The lowest BCUT2D eigenvalue weighted by molar-refractivity contribution is 0.0698. The minimum absolute atomic E-state index is 0.0429. The topological polar surface area (TPSA) is 50.4 Å². The Balaban J connectivity index is 2.63. The first-order valence-electron chi connectivity index (χ1n) is 5.70. The molecule has 1 N–H and O–H groups in total. The molecule has 0 bridgehead atoms. The molecule has 0 saturated heterocycles. The largest absolute Gasteiger partial charge is 0.478 e. The number of hydrogen-bond acceptors (Lipinski definition) is 2. The van der Waals surface area contributed by atoms with Crippen molar-refractivity contribution in [2.75, 3.05) is 0 Å². The summed E-state index contributed by atoms with van der Waals surface area (Å²) in [5.41, 5.74) is 2.03. The van der Waals surface area contributed by atoms with Gasteiger partial charge in [0, 0.05) is 5.39 Å². The highest BCUT2D eigenvalue weighted by Crippen LogP contribution is 2.31. The summed E-state index contributed by atoms with van der Waals surface area (Å²) in [7, 11) is 0. The second-order valence-corrected chi connectivity index (χ2v) is 4.90. The Morgan fingerprint density at radius 3 is 2.71 bits per heavy atom. The first-order chi connectivity index (χ1) is 7.95. The lowest BCUT2D eigenvalue weighted by atomic mass is 9.82.